The van der Waals surface area contributed by atoms with Crippen molar-refractivity contribution in [3.63, 3.8) is 0 Å². The van der Waals surface area contributed by atoms with Crippen molar-refractivity contribution < 1.29 is 14.3 Å². The lowest BCUT2D eigenvalue weighted by molar-refractivity contribution is -0.143. The van der Waals surface area contributed by atoms with E-state index in [0.29, 0.717) is 18.7 Å². The zero-order valence-electron chi connectivity index (χ0n) is 9.78. The van der Waals surface area contributed by atoms with Gasteiger partial charge < -0.3 is 5.11 Å². The molecule has 1 rings (SSSR count). The lowest BCUT2D eigenvalue weighted by Gasteiger charge is -2.26. The molecule has 0 aromatic heterocycles. The van der Waals surface area contributed by atoms with Crippen LogP contribution >= 0.6 is 11.6 Å². The molecule has 0 aliphatic carbocycles. The number of carboxylic acids is 1. The predicted octanol–water partition coefficient (Wildman–Crippen LogP) is 2.95. The second-order valence-corrected chi connectivity index (χ2v) is 4.10. The fourth-order valence-corrected chi connectivity index (χ4v) is 2.06. The van der Waals surface area contributed by atoms with Crippen molar-refractivity contribution in [2.24, 2.45) is 0 Å². The van der Waals surface area contributed by atoms with Crippen LogP contribution in [0.4, 0.5) is 4.39 Å². The van der Waals surface area contributed by atoms with Crippen LogP contribution in [0.25, 0.3) is 0 Å². The monoisotopic (exact) mass is 259 g/mol. The Balaban J connectivity index is 3.17. The molecule has 1 N–H and O–H groups in total. The minimum absolute atomic E-state index is 0.207. The molecule has 1 atom stereocenters. The smallest absolute Gasteiger partial charge is 0.325 e. The van der Waals surface area contributed by atoms with Crippen LogP contribution < -0.4 is 0 Å². The fourth-order valence-electron chi connectivity index (χ4n) is 1.83. The molecule has 5 heteroatoms. The number of hydrogen-bond acceptors (Lipinski definition) is 2. The predicted molar refractivity (Wildman–Crippen MR) is 64.7 cm³/mol. The van der Waals surface area contributed by atoms with Crippen molar-refractivity contribution in [3.05, 3.63) is 34.6 Å². The van der Waals surface area contributed by atoms with Crippen LogP contribution in [0.2, 0.25) is 5.02 Å². The number of benzene rings is 1. The normalized spacial score (nSPS) is 12.8. The average molecular weight is 260 g/mol. The number of carbonyl (C=O) groups is 1. The van der Waals surface area contributed by atoms with Crippen LogP contribution in [-0.4, -0.2) is 29.1 Å². The van der Waals surface area contributed by atoms with Gasteiger partial charge in [0.05, 0.1) is 0 Å². The second kappa shape index (κ2) is 5.98. The Morgan fingerprint density at radius 2 is 2.00 bits per heavy atom. The summed E-state index contributed by atoms with van der Waals surface area (Å²) in [5.74, 6) is -1.53. The van der Waals surface area contributed by atoms with Crippen LogP contribution in [0.15, 0.2) is 18.2 Å². The molecular weight excluding hydrogens is 245 g/mol. The summed E-state index contributed by atoms with van der Waals surface area (Å²) in [6.45, 7) is 4.86. The minimum Gasteiger partial charge on any atom is -0.480 e. The summed E-state index contributed by atoms with van der Waals surface area (Å²) in [5.41, 5.74) is 0.367. The molecular formula is C12H15ClFNO2. The second-order valence-electron chi connectivity index (χ2n) is 3.66. The molecule has 0 aliphatic heterocycles. The Morgan fingerprint density at radius 1 is 1.41 bits per heavy atom. The number of halogens is 2. The quantitative estimate of drug-likeness (QED) is 0.884. The van der Waals surface area contributed by atoms with Gasteiger partial charge in [-0.1, -0.05) is 25.4 Å². The number of carboxylic acid groups (broad SMARTS) is 1. The zero-order valence-corrected chi connectivity index (χ0v) is 10.5. The summed E-state index contributed by atoms with van der Waals surface area (Å²) in [5, 5.41) is 9.44. The lowest BCUT2D eigenvalue weighted by atomic mass is 10.1. The summed E-state index contributed by atoms with van der Waals surface area (Å²) in [6, 6.07) is 3.00. The van der Waals surface area contributed by atoms with E-state index in [4.69, 9.17) is 11.6 Å². The summed E-state index contributed by atoms with van der Waals surface area (Å²) in [7, 11) is 0. The van der Waals surface area contributed by atoms with Crippen LogP contribution in [0.5, 0.6) is 0 Å². The molecule has 17 heavy (non-hydrogen) atoms. The van der Waals surface area contributed by atoms with Gasteiger partial charge in [0, 0.05) is 5.02 Å². The number of likely N-dealkylation sites (N-methyl/N-ethyl adjacent to an activating group) is 1. The summed E-state index contributed by atoms with van der Waals surface area (Å²) in [4.78, 5) is 13.0. The minimum atomic E-state index is -1.00. The Labute approximate surface area is 105 Å². The van der Waals surface area contributed by atoms with E-state index in [9.17, 15) is 14.3 Å². The van der Waals surface area contributed by atoms with Gasteiger partial charge in [-0.15, -0.1) is 0 Å². The molecule has 0 spiro atoms. The topological polar surface area (TPSA) is 40.5 Å². The van der Waals surface area contributed by atoms with E-state index in [0.717, 1.165) is 6.07 Å². The summed E-state index contributed by atoms with van der Waals surface area (Å²) < 4.78 is 13.2. The first-order valence-electron chi connectivity index (χ1n) is 5.42. The molecule has 0 fully saturated rings. The number of aliphatic carboxylic acids is 1. The third kappa shape index (κ3) is 3.41. The van der Waals surface area contributed by atoms with Crippen molar-refractivity contribution in [2.45, 2.75) is 19.9 Å². The molecule has 0 saturated carbocycles. The van der Waals surface area contributed by atoms with E-state index in [2.05, 4.69) is 0 Å². The molecule has 0 radical (unpaired) electrons. The van der Waals surface area contributed by atoms with Gasteiger partial charge in [0.2, 0.25) is 0 Å². The van der Waals surface area contributed by atoms with Gasteiger partial charge in [-0.2, -0.15) is 0 Å². The maximum atomic E-state index is 13.2. The van der Waals surface area contributed by atoms with E-state index >= 15 is 0 Å². The van der Waals surface area contributed by atoms with E-state index in [1.165, 1.54) is 12.1 Å². The number of rotatable bonds is 5. The largest absolute Gasteiger partial charge is 0.480 e. The van der Waals surface area contributed by atoms with Crippen LogP contribution in [0.1, 0.15) is 25.5 Å². The van der Waals surface area contributed by atoms with Crippen molar-refractivity contribution in [1.82, 2.24) is 4.90 Å². The Kier molecular flexibility index (Phi) is 4.90. The highest BCUT2D eigenvalue weighted by Crippen LogP contribution is 2.24. The standard InChI is InChI=1S/C12H15ClFNO2/c1-3-15(4-2)11(12(16)17)8-5-9(13)7-10(14)6-8/h5-7,11H,3-4H2,1-2H3,(H,16,17). The van der Waals surface area contributed by atoms with Gasteiger partial charge in [-0.3, -0.25) is 9.69 Å². The maximum Gasteiger partial charge on any atom is 0.325 e. The average Bonchev–Trinajstić information content (AvgIpc) is 2.23. The molecule has 0 saturated heterocycles. The van der Waals surface area contributed by atoms with Crippen molar-refractivity contribution in [2.75, 3.05) is 13.1 Å². The lowest BCUT2D eigenvalue weighted by Crippen LogP contribution is -2.33. The van der Waals surface area contributed by atoms with Gasteiger partial charge in [-0.05, 0) is 36.9 Å². The van der Waals surface area contributed by atoms with E-state index in [1.54, 1.807) is 4.90 Å². The van der Waals surface area contributed by atoms with E-state index in [1.807, 2.05) is 13.8 Å². The molecule has 94 valence electrons. The molecule has 0 heterocycles. The maximum absolute atomic E-state index is 13.2. The highest BCUT2D eigenvalue weighted by atomic mass is 35.5. The van der Waals surface area contributed by atoms with Gasteiger partial charge >= 0.3 is 5.97 Å². The number of nitrogens with zero attached hydrogens (tertiary/aromatic N) is 1. The molecule has 1 unspecified atom stereocenters. The molecule has 0 aliphatic rings. The number of hydrogen-bond donors (Lipinski definition) is 1. The first-order valence-corrected chi connectivity index (χ1v) is 5.80. The van der Waals surface area contributed by atoms with Crippen molar-refractivity contribution >= 4 is 17.6 Å². The Morgan fingerprint density at radius 3 is 2.41 bits per heavy atom. The third-order valence-electron chi connectivity index (χ3n) is 2.61. The Bertz CT molecular complexity index is 387. The summed E-state index contributed by atoms with van der Waals surface area (Å²) >= 11 is 5.74. The first kappa shape index (κ1) is 13.9. The van der Waals surface area contributed by atoms with E-state index < -0.39 is 17.8 Å². The zero-order chi connectivity index (χ0) is 13.0. The van der Waals surface area contributed by atoms with Crippen molar-refractivity contribution in [3.8, 4) is 0 Å². The third-order valence-corrected chi connectivity index (χ3v) is 2.83. The molecule has 3 nitrogen and oxygen atoms in total. The SMILES string of the molecule is CCN(CC)C(C(=O)O)c1cc(F)cc(Cl)c1. The highest BCUT2D eigenvalue weighted by Gasteiger charge is 2.26. The molecule has 0 amide bonds. The van der Waals surface area contributed by atoms with Gasteiger partial charge in [-0.25, -0.2) is 4.39 Å². The van der Waals surface area contributed by atoms with Crippen LogP contribution in [-0.2, 0) is 4.79 Å². The van der Waals surface area contributed by atoms with Crippen LogP contribution in [0, 0.1) is 5.82 Å². The first-order chi connectivity index (χ1) is 7.99. The van der Waals surface area contributed by atoms with Gasteiger partial charge in [0.1, 0.15) is 11.9 Å². The molecule has 1 aromatic carbocycles. The Hall–Kier alpha value is -1.13. The van der Waals surface area contributed by atoms with Crippen molar-refractivity contribution in [1.29, 1.82) is 0 Å². The molecule has 1 aromatic rings. The summed E-state index contributed by atoms with van der Waals surface area (Å²) in [6.07, 6.45) is 0. The van der Waals surface area contributed by atoms with Gasteiger partial charge in [0.15, 0.2) is 0 Å². The van der Waals surface area contributed by atoms with E-state index in [-0.39, 0.29) is 5.02 Å². The highest BCUT2D eigenvalue weighted by molar-refractivity contribution is 6.30. The van der Waals surface area contributed by atoms with Gasteiger partial charge in [0.25, 0.3) is 0 Å². The fraction of sp³-hybridized carbons (Fsp3) is 0.417. The van der Waals surface area contributed by atoms with Crippen LogP contribution in [0.3, 0.4) is 0 Å². The molecule has 0 bridgehead atoms.